The molecule has 12 nitrogen and oxygen atoms in total. The molecule has 3 N–H and O–H groups in total. The number of carbonyl (C=O) groups is 5. The quantitative estimate of drug-likeness (QED) is 0.203. The first-order chi connectivity index (χ1) is 24.5. The van der Waals surface area contributed by atoms with Crippen molar-refractivity contribution in [3.05, 3.63) is 95.1 Å². The lowest BCUT2D eigenvalue weighted by Crippen LogP contribution is -2.53. The number of hydrogen-bond acceptors (Lipinski definition) is 9. The third-order valence-electron chi connectivity index (χ3n) is 11.1. The highest BCUT2D eigenvalue weighted by atomic mass is 16.5. The summed E-state index contributed by atoms with van der Waals surface area (Å²) in [5, 5.41) is 21.2. The molecule has 12 heteroatoms. The van der Waals surface area contributed by atoms with E-state index in [0.29, 0.717) is 16.8 Å². The number of nitrogens with zero attached hydrogens (tertiary/aromatic N) is 2. The number of hydrogen-bond donors (Lipinski definition) is 3. The number of carboxylic acid groups (broad SMARTS) is 1. The number of hydrazine groups is 1. The van der Waals surface area contributed by atoms with Gasteiger partial charge in [-0.05, 0) is 67.5 Å². The molecule has 0 spiro atoms. The normalized spacial score (nSPS) is 26.7. The molecule has 7 rings (SSSR count). The summed E-state index contributed by atoms with van der Waals surface area (Å²) >= 11 is 0. The maximum Gasteiger partial charge on any atom is 0.303 e. The minimum atomic E-state index is -1.51. The Labute approximate surface area is 294 Å². The second-order valence-corrected chi connectivity index (χ2v) is 13.7. The van der Waals surface area contributed by atoms with E-state index in [-0.39, 0.29) is 55.4 Å². The monoisotopic (exact) mass is 693 g/mol. The molecule has 0 aromatic heterocycles. The SMILES string of the molecule is COc1cc([C@H]2C3=CC[C@@H]4C(=O)N(CCCC(=O)O)C(=O)[C@@H]4[C@@H]3C[C@H]3C(=O)N(Nc4ccc(C)cc4)C(=O)[C@@]23c2ccccc2)cc(OC)c1O. The lowest BCUT2D eigenvalue weighted by Gasteiger charge is -2.50. The van der Waals surface area contributed by atoms with Gasteiger partial charge < -0.3 is 19.7 Å². The standard InChI is InChI=1S/C39H39N3O9/c1-21-11-13-24(14-12-21)40-42-36(47)28-20-27-25(15-16-26-32(27)37(48)41(35(26)46)17-7-10-31(43)44)33(22-18-29(50-2)34(45)30(19-22)51-3)39(28,38(42)49)23-8-5-4-6-9-23/h4-6,8-9,11-15,18-19,26-28,32-33,40,45H,7,10,16-17,20H2,1-3H3,(H,43,44)/t26-,27+,28-,32-,33-,39+/m0/s1. The maximum absolute atomic E-state index is 15.3. The molecule has 1 saturated carbocycles. The van der Waals surface area contributed by atoms with E-state index in [2.05, 4.69) is 5.43 Å². The molecule has 4 aliphatic rings. The van der Waals surface area contributed by atoms with Crippen LogP contribution in [0.3, 0.4) is 0 Å². The van der Waals surface area contributed by atoms with Crippen molar-refractivity contribution in [1.82, 2.24) is 9.91 Å². The third kappa shape index (κ3) is 5.23. The van der Waals surface area contributed by atoms with Crippen LogP contribution in [0.15, 0.2) is 78.4 Å². The van der Waals surface area contributed by atoms with Crippen molar-refractivity contribution in [2.45, 2.75) is 43.9 Å². The smallest absolute Gasteiger partial charge is 0.303 e. The van der Waals surface area contributed by atoms with E-state index in [1.54, 1.807) is 24.3 Å². The first-order valence-corrected chi connectivity index (χ1v) is 17.0. The van der Waals surface area contributed by atoms with Gasteiger partial charge in [-0.1, -0.05) is 59.7 Å². The Morgan fingerprint density at radius 1 is 0.922 bits per heavy atom. The molecule has 51 heavy (non-hydrogen) atoms. The number of phenols is 1. The number of carboxylic acids is 1. The number of amides is 4. The van der Waals surface area contributed by atoms with Crippen LogP contribution in [0.5, 0.6) is 17.2 Å². The van der Waals surface area contributed by atoms with Crippen molar-refractivity contribution in [2.75, 3.05) is 26.2 Å². The highest BCUT2D eigenvalue weighted by molar-refractivity contribution is 6.13. The van der Waals surface area contributed by atoms with Gasteiger partial charge in [0.1, 0.15) is 0 Å². The number of likely N-dealkylation sites (tertiary alicyclic amines) is 1. The van der Waals surface area contributed by atoms with Crippen LogP contribution in [0.4, 0.5) is 5.69 Å². The van der Waals surface area contributed by atoms with Gasteiger partial charge in [0.15, 0.2) is 11.5 Å². The van der Waals surface area contributed by atoms with Gasteiger partial charge in [-0.2, -0.15) is 5.01 Å². The number of aliphatic carboxylic acids is 1. The average molecular weight is 694 g/mol. The van der Waals surface area contributed by atoms with Gasteiger partial charge >= 0.3 is 5.97 Å². The van der Waals surface area contributed by atoms with Gasteiger partial charge in [0.2, 0.25) is 17.6 Å². The van der Waals surface area contributed by atoms with E-state index in [4.69, 9.17) is 9.47 Å². The van der Waals surface area contributed by atoms with E-state index >= 15 is 4.79 Å². The molecule has 2 aliphatic heterocycles. The van der Waals surface area contributed by atoms with Gasteiger partial charge in [0, 0.05) is 18.9 Å². The Morgan fingerprint density at radius 2 is 1.59 bits per heavy atom. The summed E-state index contributed by atoms with van der Waals surface area (Å²) in [6.45, 7) is 1.92. The number of allylic oxidation sites excluding steroid dienone is 2. The van der Waals surface area contributed by atoms with Gasteiger partial charge in [0.25, 0.3) is 11.8 Å². The maximum atomic E-state index is 15.3. The number of carbonyl (C=O) groups excluding carboxylic acids is 4. The van der Waals surface area contributed by atoms with Crippen LogP contribution in [0, 0.1) is 30.6 Å². The fraction of sp³-hybridized carbons (Fsp3) is 0.359. The Balaban J connectivity index is 1.43. The van der Waals surface area contributed by atoms with Crippen LogP contribution in [0.1, 0.15) is 48.3 Å². The van der Waals surface area contributed by atoms with Crippen LogP contribution in [-0.4, -0.2) is 70.5 Å². The lowest BCUT2D eigenvalue weighted by molar-refractivity contribution is -0.142. The molecule has 3 fully saturated rings. The number of ether oxygens (including phenoxy) is 2. The first kappa shape index (κ1) is 33.8. The lowest BCUT2D eigenvalue weighted by atomic mass is 9.49. The van der Waals surface area contributed by atoms with Crippen LogP contribution < -0.4 is 14.9 Å². The largest absolute Gasteiger partial charge is 0.502 e. The van der Waals surface area contributed by atoms with Crippen molar-refractivity contribution in [3.8, 4) is 17.2 Å². The average Bonchev–Trinajstić information content (AvgIpc) is 3.50. The van der Waals surface area contributed by atoms with E-state index in [1.165, 1.54) is 19.1 Å². The highest BCUT2D eigenvalue weighted by Gasteiger charge is 2.70. The number of fused-ring (bicyclic) bond motifs is 4. The summed E-state index contributed by atoms with van der Waals surface area (Å²) in [5.74, 6) is -6.65. The number of aromatic hydroxyl groups is 1. The molecule has 2 saturated heterocycles. The predicted molar refractivity (Wildman–Crippen MR) is 184 cm³/mol. The Hall–Kier alpha value is -5.65. The minimum Gasteiger partial charge on any atom is -0.502 e. The van der Waals surface area contributed by atoms with E-state index < -0.39 is 58.7 Å². The number of methoxy groups -OCH3 is 2. The summed E-state index contributed by atoms with van der Waals surface area (Å²) < 4.78 is 11.1. The fourth-order valence-electron chi connectivity index (χ4n) is 8.88. The number of anilines is 1. The number of aryl methyl sites for hydroxylation is 1. The van der Waals surface area contributed by atoms with E-state index in [9.17, 15) is 29.4 Å². The number of rotatable bonds is 10. The van der Waals surface area contributed by atoms with E-state index in [1.807, 2.05) is 55.5 Å². The van der Waals surface area contributed by atoms with Crippen LogP contribution >= 0.6 is 0 Å². The molecular weight excluding hydrogens is 654 g/mol. The summed E-state index contributed by atoms with van der Waals surface area (Å²) in [4.78, 5) is 70.3. The van der Waals surface area contributed by atoms with Gasteiger partial charge in [-0.3, -0.25) is 34.3 Å². The molecule has 2 aliphatic carbocycles. The van der Waals surface area contributed by atoms with Crippen LogP contribution in [0.25, 0.3) is 0 Å². The number of phenolic OH excluding ortho intramolecular Hbond substituents is 1. The second kappa shape index (κ2) is 12.9. The van der Waals surface area contributed by atoms with E-state index in [0.717, 1.165) is 16.1 Å². The zero-order valence-electron chi connectivity index (χ0n) is 28.5. The van der Waals surface area contributed by atoms with Gasteiger partial charge in [-0.25, -0.2) is 0 Å². The molecule has 0 radical (unpaired) electrons. The Kier molecular flexibility index (Phi) is 8.56. The van der Waals surface area contributed by atoms with Gasteiger partial charge in [0.05, 0.1) is 43.1 Å². The fourth-order valence-corrected chi connectivity index (χ4v) is 8.88. The molecule has 4 amide bonds. The van der Waals surface area contributed by atoms with Crippen molar-refractivity contribution in [3.63, 3.8) is 0 Å². The Morgan fingerprint density at radius 3 is 2.22 bits per heavy atom. The molecule has 0 bridgehead atoms. The molecule has 6 atom stereocenters. The van der Waals surface area contributed by atoms with Crippen molar-refractivity contribution in [1.29, 1.82) is 0 Å². The summed E-state index contributed by atoms with van der Waals surface area (Å²) in [6.07, 6.45) is 2.21. The number of nitrogens with one attached hydrogen (secondary N) is 1. The molecule has 3 aromatic rings. The van der Waals surface area contributed by atoms with Crippen molar-refractivity contribution in [2.24, 2.45) is 23.7 Å². The second-order valence-electron chi connectivity index (χ2n) is 13.7. The molecule has 0 unspecified atom stereocenters. The van der Waals surface area contributed by atoms with Crippen molar-refractivity contribution >= 4 is 35.3 Å². The Bertz CT molecular complexity index is 1930. The van der Waals surface area contributed by atoms with Gasteiger partial charge in [-0.15, -0.1) is 0 Å². The van der Waals surface area contributed by atoms with Crippen LogP contribution in [-0.2, 0) is 29.4 Å². The zero-order chi connectivity index (χ0) is 36.2. The predicted octanol–water partition coefficient (Wildman–Crippen LogP) is 4.57. The summed E-state index contributed by atoms with van der Waals surface area (Å²) in [5.41, 5.74) is 4.97. The number of imide groups is 2. The molecule has 264 valence electrons. The highest BCUT2D eigenvalue weighted by Crippen LogP contribution is 2.64. The zero-order valence-corrected chi connectivity index (χ0v) is 28.5. The molecule has 3 aromatic carbocycles. The van der Waals surface area contributed by atoms with Crippen molar-refractivity contribution < 1.29 is 43.7 Å². The minimum absolute atomic E-state index is 0.0160. The topological polar surface area (TPSA) is 163 Å². The molecular formula is C39H39N3O9. The van der Waals surface area contributed by atoms with Crippen LogP contribution in [0.2, 0.25) is 0 Å². The molecule has 2 heterocycles. The summed E-state index contributed by atoms with van der Waals surface area (Å²) in [7, 11) is 2.81. The third-order valence-corrected chi connectivity index (χ3v) is 11.1. The first-order valence-electron chi connectivity index (χ1n) is 17.0. The number of benzene rings is 3. The summed E-state index contributed by atoms with van der Waals surface area (Å²) in [6, 6.07) is 19.7.